The molecule has 1 unspecified atom stereocenters. The summed E-state index contributed by atoms with van der Waals surface area (Å²) in [5.74, 6) is 1.21. The summed E-state index contributed by atoms with van der Waals surface area (Å²) >= 11 is 0. The molecule has 122 valence electrons. The monoisotopic (exact) mass is 306 g/mol. The highest BCUT2D eigenvalue weighted by atomic mass is 16.6. The van der Waals surface area contributed by atoms with Crippen molar-refractivity contribution in [2.24, 2.45) is 0 Å². The molecule has 2 rings (SSSR count). The fraction of sp³-hybridized carbons (Fsp3) is 0.688. The highest BCUT2D eigenvalue weighted by Crippen LogP contribution is 2.31. The van der Waals surface area contributed by atoms with Crippen LogP contribution in [0.2, 0.25) is 0 Å². The second-order valence-corrected chi connectivity index (χ2v) is 6.87. The number of hydrogen-bond acceptors (Lipinski definition) is 5. The molecule has 1 N–H and O–H groups in total. The van der Waals surface area contributed by atoms with Crippen molar-refractivity contribution >= 4 is 12.0 Å². The zero-order valence-electron chi connectivity index (χ0n) is 14.1. The number of nitrogens with one attached hydrogen (secondary N) is 1. The average molecular weight is 306 g/mol. The maximum atomic E-state index is 11.6. The van der Waals surface area contributed by atoms with Crippen molar-refractivity contribution in [1.29, 1.82) is 0 Å². The second-order valence-electron chi connectivity index (χ2n) is 6.87. The Labute approximate surface area is 132 Å². The molecule has 1 aliphatic carbocycles. The Morgan fingerprint density at radius 3 is 2.91 bits per heavy atom. The third-order valence-corrected chi connectivity index (χ3v) is 3.66. The number of anilines is 1. The smallest absolute Gasteiger partial charge is 0.407 e. The van der Waals surface area contributed by atoms with Crippen LogP contribution in [-0.4, -0.2) is 41.8 Å². The fourth-order valence-electron chi connectivity index (χ4n) is 2.46. The molecule has 1 aromatic heterocycles. The topological polar surface area (TPSA) is 67.4 Å². The number of carbonyl (C=O) groups excluding carboxylic acids is 1. The number of likely N-dealkylation sites (N-methyl/N-ethyl adjacent to an activating group) is 1. The van der Waals surface area contributed by atoms with Crippen LogP contribution in [0.4, 0.5) is 10.7 Å². The molecular formula is C16H26N4O2. The predicted octanol–water partition coefficient (Wildman–Crippen LogP) is 2.49. The van der Waals surface area contributed by atoms with Gasteiger partial charge >= 0.3 is 6.09 Å². The third-order valence-electron chi connectivity index (χ3n) is 3.66. The molecule has 0 aliphatic heterocycles. The van der Waals surface area contributed by atoms with E-state index in [2.05, 4.69) is 22.2 Å². The van der Waals surface area contributed by atoms with Gasteiger partial charge in [-0.25, -0.2) is 14.8 Å². The van der Waals surface area contributed by atoms with Crippen molar-refractivity contribution in [3.63, 3.8) is 0 Å². The van der Waals surface area contributed by atoms with Crippen LogP contribution in [0.3, 0.4) is 0 Å². The van der Waals surface area contributed by atoms with Crippen molar-refractivity contribution in [2.75, 3.05) is 25.0 Å². The molecule has 22 heavy (non-hydrogen) atoms. The lowest BCUT2D eigenvalue weighted by Gasteiger charge is -2.21. The van der Waals surface area contributed by atoms with Crippen molar-refractivity contribution in [2.45, 2.75) is 52.1 Å². The quantitative estimate of drug-likeness (QED) is 0.925. The van der Waals surface area contributed by atoms with Gasteiger partial charge in [-0.05, 0) is 45.1 Å². The Kier molecular flexibility index (Phi) is 4.88. The molecule has 6 heteroatoms. The fourth-order valence-corrected chi connectivity index (χ4v) is 2.46. The van der Waals surface area contributed by atoms with Gasteiger partial charge < -0.3 is 15.0 Å². The molecule has 1 amide bonds. The van der Waals surface area contributed by atoms with E-state index in [0.717, 1.165) is 18.5 Å². The van der Waals surface area contributed by atoms with E-state index < -0.39 is 11.7 Å². The number of fused-ring (bicyclic) bond motifs is 1. The van der Waals surface area contributed by atoms with E-state index in [1.165, 1.54) is 5.56 Å². The number of ether oxygens (including phenoxy) is 1. The van der Waals surface area contributed by atoms with Crippen LogP contribution in [0.5, 0.6) is 0 Å². The van der Waals surface area contributed by atoms with Crippen LogP contribution in [0.15, 0.2) is 6.20 Å². The van der Waals surface area contributed by atoms with Crippen LogP contribution in [0, 0.1) is 0 Å². The third kappa shape index (κ3) is 4.32. The number of alkyl carbamates (subject to hydrolysis) is 1. The lowest BCUT2D eigenvalue weighted by Crippen LogP contribution is -2.37. The number of nitrogens with zero attached hydrogens (tertiary/aromatic N) is 3. The van der Waals surface area contributed by atoms with Gasteiger partial charge in [-0.15, -0.1) is 0 Å². The molecule has 0 saturated carbocycles. The van der Waals surface area contributed by atoms with E-state index in [1.54, 1.807) is 0 Å². The summed E-state index contributed by atoms with van der Waals surface area (Å²) in [5.41, 5.74) is 1.95. The van der Waals surface area contributed by atoms with Crippen LogP contribution >= 0.6 is 0 Å². The Balaban J connectivity index is 1.84. The van der Waals surface area contributed by atoms with Gasteiger partial charge in [0.05, 0.1) is 5.69 Å². The molecule has 0 fully saturated rings. The standard InChI is InChI=1S/C16H26N4O2/c1-11-6-7-12-10-18-14(19-13(11)12)20(5)9-8-17-15(21)22-16(2,3)4/h10-11H,6-9H2,1-5H3,(H,17,21). The first-order chi connectivity index (χ1) is 10.3. The number of rotatable bonds is 4. The van der Waals surface area contributed by atoms with E-state index in [0.29, 0.717) is 25.0 Å². The van der Waals surface area contributed by atoms with Gasteiger partial charge in [-0.2, -0.15) is 0 Å². The lowest BCUT2D eigenvalue weighted by molar-refractivity contribution is 0.0529. The Morgan fingerprint density at radius 1 is 1.50 bits per heavy atom. The number of hydrogen-bond donors (Lipinski definition) is 1. The zero-order valence-corrected chi connectivity index (χ0v) is 14.1. The largest absolute Gasteiger partial charge is 0.444 e. The van der Waals surface area contributed by atoms with Crippen LogP contribution in [0.1, 0.15) is 51.3 Å². The number of aromatic nitrogens is 2. The normalized spacial score (nSPS) is 17.0. The minimum Gasteiger partial charge on any atom is -0.444 e. The summed E-state index contributed by atoms with van der Waals surface area (Å²) < 4.78 is 5.20. The van der Waals surface area contributed by atoms with Crippen LogP contribution in [-0.2, 0) is 11.2 Å². The van der Waals surface area contributed by atoms with Gasteiger partial charge in [0.15, 0.2) is 0 Å². The molecule has 1 aromatic rings. The van der Waals surface area contributed by atoms with Crippen molar-refractivity contribution < 1.29 is 9.53 Å². The van der Waals surface area contributed by atoms with E-state index in [4.69, 9.17) is 4.74 Å². The van der Waals surface area contributed by atoms with Crippen LogP contribution in [0.25, 0.3) is 0 Å². The molecule has 0 aromatic carbocycles. The molecule has 0 saturated heterocycles. The lowest BCUT2D eigenvalue weighted by atomic mass is 10.1. The molecule has 0 bridgehead atoms. The first-order valence-electron chi connectivity index (χ1n) is 7.80. The first-order valence-corrected chi connectivity index (χ1v) is 7.80. The number of carbonyl (C=O) groups is 1. The number of aryl methyl sites for hydroxylation is 1. The summed E-state index contributed by atoms with van der Waals surface area (Å²) in [6.07, 6.45) is 3.75. The predicted molar refractivity (Wildman–Crippen MR) is 86.3 cm³/mol. The van der Waals surface area contributed by atoms with Crippen LogP contribution < -0.4 is 10.2 Å². The van der Waals surface area contributed by atoms with Crippen molar-refractivity contribution in [3.05, 3.63) is 17.5 Å². The number of amides is 1. The van der Waals surface area contributed by atoms with Gasteiger partial charge in [-0.1, -0.05) is 6.92 Å². The Hall–Kier alpha value is -1.85. The average Bonchev–Trinajstić information content (AvgIpc) is 2.78. The van der Waals surface area contributed by atoms with Gasteiger partial charge in [0.2, 0.25) is 5.95 Å². The zero-order chi connectivity index (χ0) is 16.3. The highest BCUT2D eigenvalue weighted by molar-refractivity contribution is 5.67. The molecule has 1 atom stereocenters. The SMILES string of the molecule is CC1CCc2cnc(N(C)CCNC(=O)OC(C)(C)C)nc21. The van der Waals surface area contributed by atoms with E-state index in [-0.39, 0.29) is 0 Å². The van der Waals surface area contributed by atoms with Crippen molar-refractivity contribution in [3.8, 4) is 0 Å². The molecular weight excluding hydrogens is 280 g/mol. The summed E-state index contributed by atoms with van der Waals surface area (Å²) in [6.45, 7) is 8.86. The van der Waals surface area contributed by atoms with Gasteiger partial charge in [0, 0.05) is 26.3 Å². The van der Waals surface area contributed by atoms with E-state index >= 15 is 0 Å². The van der Waals surface area contributed by atoms with Gasteiger partial charge in [-0.3, -0.25) is 0 Å². The Bertz CT molecular complexity index is 539. The molecule has 6 nitrogen and oxygen atoms in total. The van der Waals surface area contributed by atoms with Crippen molar-refractivity contribution in [1.82, 2.24) is 15.3 Å². The van der Waals surface area contributed by atoms with E-state index in [1.807, 2.05) is 38.9 Å². The van der Waals surface area contributed by atoms with Gasteiger partial charge in [0.1, 0.15) is 5.60 Å². The molecule has 1 heterocycles. The minimum atomic E-state index is -0.477. The first kappa shape index (κ1) is 16.5. The second kappa shape index (κ2) is 6.50. The highest BCUT2D eigenvalue weighted by Gasteiger charge is 2.22. The van der Waals surface area contributed by atoms with E-state index in [9.17, 15) is 4.79 Å². The minimum absolute atomic E-state index is 0.399. The molecule has 0 radical (unpaired) electrons. The maximum absolute atomic E-state index is 11.6. The molecule has 0 spiro atoms. The maximum Gasteiger partial charge on any atom is 0.407 e. The summed E-state index contributed by atoms with van der Waals surface area (Å²) in [5, 5.41) is 2.74. The Morgan fingerprint density at radius 2 is 2.23 bits per heavy atom. The summed E-state index contributed by atoms with van der Waals surface area (Å²) in [7, 11) is 1.93. The van der Waals surface area contributed by atoms with Gasteiger partial charge in [0.25, 0.3) is 0 Å². The molecule has 1 aliphatic rings. The summed E-state index contributed by atoms with van der Waals surface area (Å²) in [4.78, 5) is 22.6. The summed E-state index contributed by atoms with van der Waals surface area (Å²) in [6, 6.07) is 0.